The van der Waals surface area contributed by atoms with Gasteiger partial charge in [-0.15, -0.1) is 0 Å². The molecule has 116 valence electrons. The quantitative estimate of drug-likeness (QED) is 0.644. The summed E-state index contributed by atoms with van der Waals surface area (Å²) in [5.74, 6) is 6.30. The molecule has 1 aromatic carbocycles. The van der Waals surface area contributed by atoms with Crippen LogP contribution in [-0.2, 0) is 4.74 Å². The van der Waals surface area contributed by atoms with E-state index in [-0.39, 0.29) is 11.6 Å². The van der Waals surface area contributed by atoms with Crippen LogP contribution < -0.4 is 11.3 Å². The first-order valence-corrected chi connectivity index (χ1v) is 8.44. The van der Waals surface area contributed by atoms with Crippen LogP contribution in [0.25, 0.3) is 0 Å². The summed E-state index contributed by atoms with van der Waals surface area (Å²) in [6.07, 6.45) is 6.98. The van der Waals surface area contributed by atoms with Crippen LogP contribution >= 0.6 is 23.2 Å². The van der Waals surface area contributed by atoms with Crippen molar-refractivity contribution in [3.63, 3.8) is 0 Å². The molecule has 3 nitrogen and oxygen atoms in total. The Labute approximate surface area is 136 Å². The monoisotopic (exact) mass is 328 g/mol. The molecule has 1 heterocycles. The lowest BCUT2D eigenvalue weighted by molar-refractivity contribution is -0.0982. The Bertz CT molecular complexity index is 483. The van der Waals surface area contributed by atoms with Crippen molar-refractivity contribution < 1.29 is 4.74 Å². The lowest BCUT2D eigenvalue weighted by Gasteiger charge is -2.41. The van der Waals surface area contributed by atoms with E-state index < -0.39 is 0 Å². The second kappa shape index (κ2) is 6.43. The van der Waals surface area contributed by atoms with Crippen molar-refractivity contribution in [2.75, 3.05) is 6.61 Å². The molecular weight excluding hydrogens is 307 g/mol. The van der Waals surface area contributed by atoms with E-state index in [0.29, 0.717) is 16.0 Å². The van der Waals surface area contributed by atoms with E-state index in [1.54, 1.807) is 6.07 Å². The highest BCUT2D eigenvalue weighted by Crippen LogP contribution is 2.45. The summed E-state index contributed by atoms with van der Waals surface area (Å²) in [5.41, 5.74) is 4.12. The fourth-order valence-corrected chi connectivity index (χ4v) is 4.52. The summed E-state index contributed by atoms with van der Waals surface area (Å²) in [7, 11) is 0. The van der Waals surface area contributed by atoms with E-state index in [2.05, 4.69) is 5.43 Å². The zero-order chi connectivity index (χ0) is 14.9. The molecule has 5 heteroatoms. The average Bonchev–Trinajstić information content (AvgIpc) is 2.86. The number of hydrazine groups is 1. The molecular formula is C16H22Cl2N2O. The molecule has 3 N–H and O–H groups in total. The zero-order valence-corrected chi connectivity index (χ0v) is 13.6. The molecule has 0 aromatic heterocycles. The van der Waals surface area contributed by atoms with Crippen LogP contribution in [0, 0.1) is 5.92 Å². The fraction of sp³-hybridized carbons (Fsp3) is 0.625. The number of nitrogens with one attached hydrogen (secondary N) is 1. The number of hydrogen-bond donors (Lipinski definition) is 2. The molecule has 2 fully saturated rings. The van der Waals surface area contributed by atoms with Crippen molar-refractivity contribution >= 4 is 23.2 Å². The molecule has 2 aliphatic rings. The van der Waals surface area contributed by atoms with Crippen LogP contribution in [0.4, 0.5) is 0 Å². The number of hydrogen-bond acceptors (Lipinski definition) is 3. The van der Waals surface area contributed by atoms with Crippen LogP contribution in [0.5, 0.6) is 0 Å². The van der Waals surface area contributed by atoms with Gasteiger partial charge >= 0.3 is 0 Å². The standard InChI is InChI=1S/C16H22Cl2N2O/c17-13-7-12(8-14(18)9-13)15(20-19)11-3-6-21-16(10-11)4-1-2-5-16/h7-9,11,15,20H,1-6,10,19H2. The predicted octanol–water partition coefficient (Wildman–Crippen LogP) is 4.24. The van der Waals surface area contributed by atoms with Crippen molar-refractivity contribution in [2.24, 2.45) is 11.8 Å². The summed E-state index contributed by atoms with van der Waals surface area (Å²) in [6, 6.07) is 5.73. The van der Waals surface area contributed by atoms with Crippen LogP contribution in [0.2, 0.25) is 10.0 Å². The van der Waals surface area contributed by atoms with Gasteiger partial charge in [-0.3, -0.25) is 11.3 Å². The number of nitrogens with two attached hydrogens (primary N) is 1. The van der Waals surface area contributed by atoms with Gasteiger partial charge in [0.25, 0.3) is 0 Å². The Morgan fingerprint density at radius 3 is 2.48 bits per heavy atom. The Hall–Kier alpha value is -0.320. The topological polar surface area (TPSA) is 47.3 Å². The van der Waals surface area contributed by atoms with E-state index in [1.807, 2.05) is 12.1 Å². The predicted molar refractivity (Wildman–Crippen MR) is 86.4 cm³/mol. The first-order chi connectivity index (χ1) is 10.1. The minimum Gasteiger partial charge on any atom is -0.375 e. The Balaban J connectivity index is 1.82. The molecule has 1 spiro atoms. The first kappa shape index (κ1) is 15.6. The van der Waals surface area contributed by atoms with Crippen molar-refractivity contribution in [1.82, 2.24) is 5.43 Å². The Kier molecular flexibility index (Phi) is 4.77. The number of rotatable bonds is 3. The molecule has 1 saturated heterocycles. The van der Waals surface area contributed by atoms with Gasteiger partial charge in [-0.2, -0.15) is 0 Å². The summed E-state index contributed by atoms with van der Waals surface area (Å²) in [5, 5.41) is 1.31. The third-order valence-electron chi connectivity index (χ3n) is 4.94. The highest BCUT2D eigenvalue weighted by Gasteiger charge is 2.42. The van der Waals surface area contributed by atoms with Gasteiger partial charge in [0.1, 0.15) is 0 Å². The maximum atomic E-state index is 6.13. The number of halogens is 2. The van der Waals surface area contributed by atoms with Crippen molar-refractivity contribution in [1.29, 1.82) is 0 Å². The smallest absolute Gasteiger partial charge is 0.0686 e. The molecule has 1 saturated carbocycles. The lowest BCUT2D eigenvalue weighted by Crippen LogP contribution is -2.43. The van der Waals surface area contributed by atoms with Gasteiger partial charge in [-0.1, -0.05) is 36.0 Å². The molecule has 1 aliphatic carbocycles. The van der Waals surface area contributed by atoms with E-state index >= 15 is 0 Å². The SMILES string of the molecule is NNC(c1cc(Cl)cc(Cl)c1)C1CCOC2(CCCC2)C1. The third-order valence-corrected chi connectivity index (χ3v) is 5.38. The average molecular weight is 329 g/mol. The second-order valence-corrected chi connectivity index (χ2v) is 7.21. The van der Waals surface area contributed by atoms with E-state index in [4.69, 9.17) is 33.8 Å². The van der Waals surface area contributed by atoms with Crippen molar-refractivity contribution in [3.05, 3.63) is 33.8 Å². The first-order valence-electron chi connectivity index (χ1n) is 7.68. The maximum absolute atomic E-state index is 6.13. The van der Waals surface area contributed by atoms with Crippen molar-refractivity contribution in [3.8, 4) is 0 Å². The van der Waals surface area contributed by atoms with E-state index in [1.165, 1.54) is 25.7 Å². The number of benzene rings is 1. The van der Waals surface area contributed by atoms with E-state index in [0.717, 1.165) is 25.0 Å². The van der Waals surface area contributed by atoms with Crippen LogP contribution in [-0.4, -0.2) is 12.2 Å². The minimum absolute atomic E-state index is 0.0718. The van der Waals surface area contributed by atoms with Crippen LogP contribution in [0.15, 0.2) is 18.2 Å². The molecule has 21 heavy (non-hydrogen) atoms. The largest absolute Gasteiger partial charge is 0.375 e. The molecule has 0 radical (unpaired) electrons. The Morgan fingerprint density at radius 1 is 1.19 bits per heavy atom. The summed E-state index contributed by atoms with van der Waals surface area (Å²) >= 11 is 12.3. The van der Waals surface area contributed by atoms with Gasteiger partial charge < -0.3 is 4.74 Å². The van der Waals surface area contributed by atoms with Gasteiger partial charge in [0, 0.05) is 22.7 Å². The van der Waals surface area contributed by atoms with Gasteiger partial charge in [-0.25, -0.2) is 0 Å². The molecule has 0 amide bonds. The highest BCUT2D eigenvalue weighted by atomic mass is 35.5. The van der Waals surface area contributed by atoms with Crippen LogP contribution in [0.1, 0.15) is 50.1 Å². The lowest BCUT2D eigenvalue weighted by atomic mass is 9.79. The minimum atomic E-state index is 0.0718. The molecule has 1 aromatic rings. The van der Waals surface area contributed by atoms with Crippen molar-refractivity contribution in [2.45, 2.75) is 50.2 Å². The fourth-order valence-electron chi connectivity index (χ4n) is 3.98. The summed E-state index contributed by atoms with van der Waals surface area (Å²) in [6.45, 7) is 0.817. The zero-order valence-electron chi connectivity index (χ0n) is 12.1. The second-order valence-electron chi connectivity index (χ2n) is 6.34. The van der Waals surface area contributed by atoms with Gasteiger partial charge in [0.05, 0.1) is 5.60 Å². The third kappa shape index (κ3) is 3.38. The summed E-state index contributed by atoms with van der Waals surface area (Å²) < 4.78 is 6.11. The molecule has 1 aliphatic heterocycles. The molecule has 2 atom stereocenters. The normalized spacial score (nSPS) is 26.1. The molecule has 3 rings (SSSR count). The van der Waals surface area contributed by atoms with Gasteiger partial charge in [0.2, 0.25) is 0 Å². The summed E-state index contributed by atoms with van der Waals surface area (Å²) in [4.78, 5) is 0. The van der Waals surface area contributed by atoms with Crippen LogP contribution in [0.3, 0.4) is 0 Å². The van der Waals surface area contributed by atoms with Gasteiger partial charge in [-0.05, 0) is 55.4 Å². The molecule has 0 bridgehead atoms. The number of ether oxygens (including phenoxy) is 1. The highest BCUT2D eigenvalue weighted by molar-refractivity contribution is 6.34. The Morgan fingerprint density at radius 2 is 1.86 bits per heavy atom. The van der Waals surface area contributed by atoms with E-state index in [9.17, 15) is 0 Å². The maximum Gasteiger partial charge on any atom is 0.0686 e. The van der Waals surface area contributed by atoms with Gasteiger partial charge in [0.15, 0.2) is 0 Å². The molecule has 2 unspecified atom stereocenters.